The van der Waals surface area contributed by atoms with Crippen molar-refractivity contribution in [1.29, 1.82) is 0 Å². The minimum atomic E-state index is -3.20. The largest absolute Gasteiger partial charge is 0.475 e. The SMILES string of the molecule is CC(C)S(=O)(=O)N1CC2(C[C@@H](COc3ncccc3F)CCN2C)C1. The first-order chi connectivity index (χ1) is 11.7. The van der Waals surface area contributed by atoms with Crippen molar-refractivity contribution < 1.29 is 17.5 Å². The van der Waals surface area contributed by atoms with Crippen LogP contribution in [0, 0.1) is 11.7 Å². The van der Waals surface area contributed by atoms with E-state index in [-0.39, 0.29) is 17.3 Å². The highest BCUT2D eigenvalue weighted by atomic mass is 32.2. The number of likely N-dealkylation sites (N-methyl/N-ethyl adjacent to an activating group) is 1. The van der Waals surface area contributed by atoms with E-state index in [1.54, 1.807) is 18.2 Å². The molecule has 1 atom stereocenters. The molecule has 1 spiro atoms. The van der Waals surface area contributed by atoms with Crippen LogP contribution in [0.5, 0.6) is 5.88 Å². The zero-order chi connectivity index (χ0) is 18.2. The van der Waals surface area contributed by atoms with Gasteiger partial charge in [0.05, 0.1) is 11.9 Å². The molecule has 2 aliphatic heterocycles. The molecule has 0 aromatic carbocycles. The molecule has 0 saturated carbocycles. The third kappa shape index (κ3) is 3.52. The summed E-state index contributed by atoms with van der Waals surface area (Å²) in [5.74, 6) is -0.155. The minimum absolute atomic E-state index is 0.0353. The van der Waals surface area contributed by atoms with Gasteiger partial charge >= 0.3 is 0 Å². The highest BCUT2D eigenvalue weighted by Gasteiger charge is 2.53. The van der Waals surface area contributed by atoms with Crippen LogP contribution in [0.1, 0.15) is 26.7 Å². The third-order valence-electron chi connectivity index (χ3n) is 5.43. The molecular weight excluding hydrogens is 345 g/mol. The Bertz CT molecular complexity index is 720. The van der Waals surface area contributed by atoms with Gasteiger partial charge in [0.1, 0.15) is 0 Å². The number of rotatable bonds is 5. The monoisotopic (exact) mass is 371 g/mol. The quantitative estimate of drug-likeness (QED) is 0.789. The highest BCUT2D eigenvalue weighted by molar-refractivity contribution is 7.89. The van der Waals surface area contributed by atoms with Gasteiger partial charge in [0.25, 0.3) is 0 Å². The van der Waals surface area contributed by atoms with Crippen LogP contribution >= 0.6 is 0 Å². The summed E-state index contributed by atoms with van der Waals surface area (Å²) in [7, 11) is -1.15. The number of hydrogen-bond donors (Lipinski definition) is 0. The maximum absolute atomic E-state index is 13.6. The van der Waals surface area contributed by atoms with Gasteiger partial charge in [0.2, 0.25) is 15.9 Å². The van der Waals surface area contributed by atoms with Gasteiger partial charge in [-0.05, 0) is 58.3 Å². The van der Waals surface area contributed by atoms with Crippen molar-refractivity contribution in [2.45, 2.75) is 37.5 Å². The Morgan fingerprint density at radius 3 is 2.80 bits per heavy atom. The van der Waals surface area contributed by atoms with Crippen molar-refractivity contribution in [3.63, 3.8) is 0 Å². The molecule has 2 saturated heterocycles. The second kappa shape index (κ2) is 6.81. The molecule has 2 fully saturated rings. The number of ether oxygens (including phenoxy) is 1. The number of likely N-dealkylation sites (tertiary alicyclic amines) is 1. The molecule has 8 heteroatoms. The fourth-order valence-electron chi connectivity index (χ4n) is 3.68. The van der Waals surface area contributed by atoms with Gasteiger partial charge in [-0.1, -0.05) is 0 Å². The molecule has 25 heavy (non-hydrogen) atoms. The lowest BCUT2D eigenvalue weighted by Gasteiger charge is -2.58. The Hall–Kier alpha value is -1.25. The van der Waals surface area contributed by atoms with E-state index in [4.69, 9.17) is 4.74 Å². The van der Waals surface area contributed by atoms with Crippen LogP contribution < -0.4 is 4.74 Å². The normalized spacial score (nSPS) is 24.4. The Labute approximate surface area is 149 Å². The summed E-state index contributed by atoms with van der Waals surface area (Å²) < 4.78 is 45.4. The number of halogens is 1. The Balaban J connectivity index is 1.61. The van der Waals surface area contributed by atoms with Crippen molar-refractivity contribution in [1.82, 2.24) is 14.2 Å². The topological polar surface area (TPSA) is 62.7 Å². The summed E-state index contributed by atoms with van der Waals surface area (Å²) in [5, 5.41) is -0.398. The van der Waals surface area contributed by atoms with E-state index in [9.17, 15) is 12.8 Å². The van der Waals surface area contributed by atoms with Crippen LogP contribution in [0.3, 0.4) is 0 Å². The molecule has 0 amide bonds. The van der Waals surface area contributed by atoms with Crippen molar-refractivity contribution in [3.05, 3.63) is 24.1 Å². The van der Waals surface area contributed by atoms with E-state index in [1.807, 2.05) is 0 Å². The summed E-state index contributed by atoms with van der Waals surface area (Å²) in [6.07, 6.45) is 3.31. The van der Waals surface area contributed by atoms with Gasteiger partial charge in [-0.2, -0.15) is 4.31 Å². The average Bonchev–Trinajstić information content (AvgIpc) is 2.53. The van der Waals surface area contributed by atoms with Crippen LogP contribution in [0.2, 0.25) is 0 Å². The van der Waals surface area contributed by atoms with Gasteiger partial charge in [-0.25, -0.2) is 17.8 Å². The molecule has 0 radical (unpaired) electrons. The van der Waals surface area contributed by atoms with Crippen molar-refractivity contribution in [3.8, 4) is 5.88 Å². The number of pyridine rings is 1. The maximum Gasteiger partial charge on any atom is 0.250 e. The smallest absolute Gasteiger partial charge is 0.250 e. The maximum atomic E-state index is 13.6. The van der Waals surface area contributed by atoms with Crippen molar-refractivity contribution in [2.75, 3.05) is 33.3 Å². The molecule has 3 heterocycles. The zero-order valence-electron chi connectivity index (χ0n) is 15.0. The van der Waals surface area contributed by atoms with E-state index in [0.717, 1.165) is 19.4 Å². The summed E-state index contributed by atoms with van der Waals surface area (Å²) in [4.78, 5) is 6.18. The highest BCUT2D eigenvalue weighted by Crippen LogP contribution is 2.40. The van der Waals surface area contributed by atoms with Crippen molar-refractivity contribution in [2.24, 2.45) is 5.92 Å². The van der Waals surface area contributed by atoms with Crippen LogP contribution in [-0.4, -0.2) is 66.7 Å². The predicted octanol–water partition coefficient (Wildman–Crippen LogP) is 1.73. The fraction of sp³-hybridized carbons (Fsp3) is 0.706. The molecule has 0 unspecified atom stereocenters. The lowest BCUT2D eigenvalue weighted by atomic mass is 9.77. The summed E-state index contributed by atoms with van der Waals surface area (Å²) in [6, 6.07) is 2.87. The van der Waals surface area contributed by atoms with E-state index < -0.39 is 21.1 Å². The van der Waals surface area contributed by atoms with Gasteiger partial charge < -0.3 is 4.74 Å². The second-order valence-electron chi connectivity index (χ2n) is 7.47. The van der Waals surface area contributed by atoms with E-state index in [0.29, 0.717) is 19.7 Å². The molecule has 1 aromatic heterocycles. The average molecular weight is 371 g/mol. The summed E-state index contributed by atoms with van der Waals surface area (Å²) >= 11 is 0. The summed E-state index contributed by atoms with van der Waals surface area (Å²) in [6.45, 7) is 5.76. The van der Waals surface area contributed by atoms with Crippen LogP contribution in [0.4, 0.5) is 4.39 Å². The number of hydrogen-bond acceptors (Lipinski definition) is 5. The minimum Gasteiger partial charge on any atom is -0.475 e. The van der Waals surface area contributed by atoms with Gasteiger partial charge in [-0.3, -0.25) is 4.90 Å². The van der Waals surface area contributed by atoms with E-state index >= 15 is 0 Å². The van der Waals surface area contributed by atoms with Gasteiger partial charge in [0, 0.05) is 24.8 Å². The van der Waals surface area contributed by atoms with Crippen LogP contribution in [0.15, 0.2) is 18.3 Å². The summed E-state index contributed by atoms with van der Waals surface area (Å²) in [5.41, 5.74) is -0.128. The lowest BCUT2D eigenvalue weighted by molar-refractivity contribution is -0.0502. The van der Waals surface area contributed by atoms with Crippen molar-refractivity contribution >= 4 is 10.0 Å². The van der Waals surface area contributed by atoms with Crippen LogP contribution in [-0.2, 0) is 10.0 Å². The molecule has 6 nitrogen and oxygen atoms in total. The predicted molar refractivity (Wildman–Crippen MR) is 93.4 cm³/mol. The molecule has 2 aliphatic rings. The lowest BCUT2D eigenvalue weighted by Crippen LogP contribution is -2.73. The number of aromatic nitrogens is 1. The molecule has 0 aliphatic carbocycles. The van der Waals surface area contributed by atoms with Gasteiger partial charge in [-0.15, -0.1) is 0 Å². The van der Waals surface area contributed by atoms with E-state index in [2.05, 4.69) is 16.9 Å². The molecular formula is C17H26FN3O3S. The first-order valence-corrected chi connectivity index (χ1v) is 10.2. The fourth-order valence-corrected chi connectivity index (χ4v) is 5.12. The zero-order valence-corrected chi connectivity index (χ0v) is 15.8. The first-order valence-electron chi connectivity index (χ1n) is 8.68. The second-order valence-corrected chi connectivity index (χ2v) is 9.96. The van der Waals surface area contributed by atoms with Gasteiger partial charge in [0.15, 0.2) is 5.82 Å². The number of piperidine rings is 1. The molecule has 1 aromatic rings. The standard InChI is InChI=1S/C17H26FN3O3S/c1-13(2)25(22,23)21-11-17(12-21)9-14(6-8-20(17)3)10-24-16-15(18)5-4-7-19-16/h4-5,7,13-14H,6,8-12H2,1-3H3/t14-/m0/s1. The first kappa shape index (κ1) is 18.5. The van der Waals surface area contributed by atoms with E-state index in [1.165, 1.54) is 18.3 Å². The Morgan fingerprint density at radius 1 is 1.44 bits per heavy atom. The third-order valence-corrected chi connectivity index (χ3v) is 7.60. The number of sulfonamides is 1. The van der Waals surface area contributed by atoms with Crippen LogP contribution in [0.25, 0.3) is 0 Å². The molecule has 3 rings (SSSR count). The molecule has 0 bridgehead atoms. The Morgan fingerprint density at radius 2 is 2.16 bits per heavy atom. The Kier molecular flexibility index (Phi) is 5.05. The molecule has 0 N–H and O–H groups in total. The number of nitrogens with zero attached hydrogens (tertiary/aromatic N) is 3. The molecule has 140 valence electrons.